The smallest absolute Gasteiger partial charge is 0.267 e. The van der Waals surface area contributed by atoms with Gasteiger partial charge in [0.25, 0.3) is 5.91 Å². The highest BCUT2D eigenvalue weighted by Crippen LogP contribution is 2.31. The lowest BCUT2D eigenvalue weighted by Crippen LogP contribution is -2.47. The summed E-state index contributed by atoms with van der Waals surface area (Å²) in [6.07, 6.45) is -0.763. The minimum atomic E-state index is -0.763. The number of benzene rings is 2. The standard InChI is InChI=1S/C21H24N2O4/c1-13-9-14(2)20(15(3)10-13)22-19(24)11-23(4)21(25)18-12-26-16-7-5-6-8-17(16)27-18/h5-10,18H,11-12H2,1-4H3,(H,22,24). The Bertz CT molecular complexity index is 855. The van der Waals surface area contributed by atoms with E-state index in [1.54, 1.807) is 19.2 Å². The van der Waals surface area contributed by atoms with Crippen molar-refractivity contribution in [3.8, 4) is 11.5 Å². The molecule has 1 unspecified atom stereocenters. The molecule has 0 saturated heterocycles. The summed E-state index contributed by atoms with van der Waals surface area (Å²) < 4.78 is 11.3. The molecule has 3 rings (SSSR count). The molecule has 0 aliphatic carbocycles. The molecule has 2 aromatic carbocycles. The van der Waals surface area contributed by atoms with Gasteiger partial charge in [-0.1, -0.05) is 29.8 Å². The fourth-order valence-electron chi connectivity index (χ4n) is 3.24. The molecule has 6 nitrogen and oxygen atoms in total. The van der Waals surface area contributed by atoms with Gasteiger partial charge >= 0.3 is 0 Å². The van der Waals surface area contributed by atoms with E-state index < -0.39 is 6.10 Å². The number of nitrogens with one attached hydrogen (secondary N) is 1. The van der Waals surface area contributed by atoms with Gasteiger partial charge in [0.05, 0.1) is 6.54 Å². The Hall–Kier alpha value is -3.02. The number of anilines is 1. The van der Waals surface area contributed by atoms with Gasteiger partial charge in [0.2, 0.25) is 12.0 Å². The van der Waals surface area contributed by atoms with E-state index in [1.807, 2.05) is 45.0 Å². The third-order valence-electron chi connectivity index (χ3n) is 4.48. The fraction of sp³-hybridized carbons (Fsp3) is 0.333. The lowest BCUT2D eigenvalue weighted by molar-refractivity contribution is -0.141. The maximum Gasteiger partial charge on any atom is 0.267 e. The number of amides is 2. The van der Waals surface area contributed by atoms with Gasteiger partial charge in [-0.05, 0) is 44.0 Å². The Kier molecular flexibility index (Phi) is 5.35. The van der Waals surface area contributed by atoms with Crippen molar-refractivity contribution in [1.29, 1.82) is 0 Å². The Labute approximate surface area is 159 Å². The highest BCUT2D eigenvalue weighted by molar-refractivity contribution is 5.96. The zero-order chi connectivity index (χ0) is 19.6. The molecule has 142 valence electrons. The molecule has 1 heterocycles. The minimum Gasteiger partial charge on any atom is -0.485 e. The molecule has 27 heavy (non-hydrogen) atoms. The van der Waals surface area contributed by atoms with Crippen LogP contribution in [0, 0.1) is 20.8 Å². The van der Waals surface area contributed by atoms with Crippen LogP contribution in [-0.4, -0.2) is 43.0 Å². The summed E-state index contributed by atoms with van der Waals surface area (Å²) in [5.74, 6) is 0.605. The van der Waals surface area contributed by atoms with Gasteiger partial charge in [-0.3, -0.25) is 9.59 Å². The zero-order valence-electron chi connectivity index (χ0n) is 16.0. The molecule has 2 aromatic rings. The normalized spacial score (nSPS) is 15.2. The number of fused-ring (bicyclic) bond motifs is 1. The van der Waals surface area contributed by atoms with Gasteiger partial charge in [0.1, 0.15) is 6.61 Å². The number of carbonyl (C=O) groups is 2. The summed E-state index contributed by atoms with van der Waals surface area (Å²) in [5.41, 5.74) is 3.92. The predicted octanol–water partition coefficient (Wildman–Crippen LogP) is 2.85. The van der Waals surface area contributed by atoms with Crippen LogP contribution in [0.5, 0.6) is 11.5 Å². The van der Waals surface area contributed by atoms with Crippen LogP contribution in [0.3, 0.4) is 0 Å². The van der Waals surface area contributed by atoms with Crippen LogP contribution in [0.15, 0.2) is 36.4 Å². The van der Waals surface area contributed by atoms with E-state index in [4.69, 9.17) is 9.47 Å². The van der Waals surface area contributed by atoms with E-state index in [0.29, 0.717) is 11.5 Å². The first-order chi connectivity index (χ1) is 12.8. The number of para-hydroxylation sites is 2. The number of rotatable bonds is 4. The SMILES string of the molecule is Cc1cc(C)c(NC(=O)CN(C)C(=O)C2COc3ccccc3O2)c(C)c1. The van der Waals surface area contributed by atoms with Gasteiger partial charge in [-0.25, -0.2) is 0 Å². The minimum absolute atomic E-state index is 0.0624. The largest absolute Gasteiger partial charge is 0.485 e. The summed E-state index contributed by atoms with van der Waals surface area (Å²) >= 11 is 0. The highest BCUT2D eigenvalue weighted by atomic mass is 16.6. The quantitative estimate of drug-likeness (QED) is 0.901. The number of aryl methyl sites for hydroxylation is 3. The highest BCUT2D eigenvalue weighted by Gasteiger charge is 2.30. The van der Waals surface area contributed by atoms with E-state index in [-0.39, 0.29) is 25.0 Å². The van der Waals surface area contributed by atoms with Crippen LogP contribution in [0.25, 0.3) is 0 Å². The van der Waals surface area contributed by atoms with Gasteiger partial charge in [-0.15, -0.1) is 0 Å². The molecule has 2 amide bonds. The Balaban J connectivity index is 1.61. The van der Waals surface area contributed by atoms with E-state index in [1.165, 1.54) is 4.90 Å². The van der Waals surface area contributed by atoms with Crippen LogP contribution < -0.4 is 14.8 Å². The van der Waals surface area contributed by atoms with Crippen LogP contribution in [0.2, 0.25) is 0 Å². The van der Waals surface area contributed by atoms with Gasteiger partial charge in [-0.2, -0.15) is 0 Å². The lowest BCUT2D eigenvalue weighted by atomic mass is 10.1. The van der Waals surface area contributed by atoms with Gasteiger partial charge < -0.3 is 19.7 Å². The molecule has 0 bridgehead atoms. The van der Waals surface area contributed by atoms with E-state index >= 15 is 0 Å². The van der Waals surface area contributed by atoms with E-state index in [2.05, 4.69) is 5.32 Å². The molecule has 6 heteroatoms. The molecular formula is C21H24N2O4. The third kappa shape index (κ3) is 4.22. The first-order valence-electron chi connectivity index (χ1n) is 8.86. The molecule has 0 fully saturated rings. The topological polar surface area (TPSA) is 67.9 Å². The number of hydrogen-bond acceptors (Lipinski definition) is 4. The van der Waals surface area contributed by atoms with Crippen molar-refractivity contribution in [3.05, 3.63) is 53.1 Å². The van der Waals surface area contributed by atoms with Crippen molar-refractivity contribution in [3.63, 3.8) is 0 Å². The van der Waals surface area contributed by atoms with Crippen molar-refractivity contribution >= 4 is 17.5 Å². The van der Waals surface area contributed by atoms with Gasteiger partial charge in [0, 0.05) is 12.7 Å². The van der Waals surface area contributed by atoms with Crippen LogP contribution in [0.1, 0.15) is 16.7 Å². The maximum atomic E-state index is 12.6. The van der Waals surface area contributed by atoms with Crippen molar-refractivity contribution < 1.29 is 19.1 Å². The molecule has 0 radical (unpaired) electrons. The van der Waals surface area contributed by atoms with Crippen molar-refractivity contribution in [2.24, 2.45) is 0 Å². The Morgan fingerprint density at radius 2 is 1.74 bits per heavy atom. The number of ether oxygens (including phenoxy) is 2. The summed E-state index contributed by atoms with van der Waals surface area (Å²) in [5, 5.41) is 2.91. The second kappa shape index (κ2) is 7.70. The average molecular weight is 368 g/mol. The van der Waals surface area contributed by atoms with Crippen molar-refractivity contribution in [2.75, 3.05) is 25.5 Å². The molecule has 1 atom stereocenters. The summed E-state index contributed by atoms with van der Waals surface area (Å²) in [7, 11) is 1.58. The van der Waals surface area contributed by atoms with Crippen LogP contribution in [0.4, 0.5) is 5.69 Å². The Morgan fingerprint density at radius 3 is 2.41 bits per heavy atom. The predicted molar refractivity (Wildman–Crippen MR) is 103 cm³/mol. The Morgan fingerprint density at radius 1 is 1.11 bits per heavy atom. The van der Waals surface area contributed by atoms with Crippen LogP contribution >= 0.6 is 0 Å². The third-order valence-corrected chi connectivity index (χ3v) is 4.48. The molecule has 1 aliphatic rings. The first-order valence-corrected chi connectivity index (χ1v) is 8.86. The molecular weight excluding hydrogens is 344 g/mol. The molecule has 1 N–H and O–H groups in total. The van der Waals surface area contributed by atoms with E-state index in [0.717, 1.165) is 22.4 Å². The second-order valence-electron chi connectivity index (χ2n) is 6.88. The number of likely N-dealkylation sites (N-methyl/N-ethyl adjacent to an activating group) is 1. The molecule has 0 spiro atoms. The first kappa shape index (κ1) is 18.8. The summed E-state index contributed by atoms with van der Waals surface area (Å²) in [6.45, 7) is 5.98. The zero-order valence-corrected chi connectivity index (χ0v) is 16.0. The maximum absolute atomic E-state index is 12.6. The average Bonchev–Trinajstić information content (AvgIpc) is 2.63. The molecule has 0 aromatic heterocycles. The lowest BCUT2D eigenvalue weighted by Gasteiger charge is -2.28. The van der Waals surface area contributed by atoms with Gasteiger partial charge in [0.15, 0.2) is 11.5 Å². The number of nitrogens with zero attached hydrogens (tertiary/aromatic N) is 1. The number of carbonyl (C=O) groups excluding carboxylic acids is 2. The summed E-state index contributed by atoms with van der Waals surface area (Å²) in [4.78, 5) is 26.4. The fourth-order valence-corrected chi connectivity index (χ4v) is 3.24. The van der Waals surface area contributed by atoms with Crippen LogP contribution in [-0.2, 0) is 9.59 Å². The van der Waals surface area contributed by atoms with Crippen molar-refractivity contribution in [2.45, 2.75) is 26.9 Å². The molecule has 0 saturated carbocycles. The second-order valence-corrected chi connectivity index (χ2v) is 6.88. The van der Waals surface area contributed by atoms with Crippen molar-refractivity contribution in [1.82, 2.24) is 4.90 Å². The number of hydrogen-bond donors (Lipinski definition) is 1. The molecule has 1 aliphatic heterocycles. The summed E-state index contributed by atoms with van der Waals surface area (Å²) in [6, 6.07) is 11.2. The van der Waals surface area contributed by atoms with E-state index in [9.17, 15) is 9.59 Å². The monoisotopic (exact) mass is 368 g/mol.